The standard InChI is InChI=1S/C8H17NO/c1-7(5-9)8-3-2-4-10-6-8/h7-8H,2-6,9H2,1H3. The summed E-state index contributed by atoms with van der Waals surface area (Å²) in [5, 5.41) is 0. The van der Waals surface area contributed by atoms with E-state index in [9.17, 15) is 0 Å². The van der Waals surface area contributed by atoms with Gasteiger partial charge in [0.15, 0.2) is 0 Å². The second-order valence-electron chi connectivity index (χ2n) is 3.19. The third kappa shape index (κ3) is 1.96. The predicted molar refractivity (Wildman–Crippen MR) is 41.8 cm³/mol. The highest BCUT2D eigenvalue weighted by Gasteiger charge is 2.18. The molecule has 2 N–H and O–H groups in total. The summed E-state index contributed by atoms with van der Waals surface area (Å²) in [4.78, 5) is 0. The van der Waals surface area contributed by atoms with Crippen LogP contribution in [0.5, 0.6) is 0 Å². The summed E-state index contributed by atoms with van der Waals surface area (Å²) in [5.41, 5.74) is 5.55. The third-order valence-electron chi connectivity index (χ3n) is 2.37. The lowest BCUT2D eigenvalue weighted by Gasteiger charge is -2.26. The van der Waals surface area contributed by atoms with Crippen molar-refractivity contribution in [3.8, 4) is 0 Å². The Morgan fingerprint density at radius 3 is 3.00 bits per heavy atom. The molecule has 1 aliphatic heterocycles. The average Bonchev–Trinajstić information content (AvgIpc) is 2.05. The minimum absolute atomic E-state index is 0.639. The second kappa shape index (κ2) is 3.94. The molecule has 0 amide bonds. The van der Waals surface area contributed by atoms with Crippen LogP contribution in [0.25, 0.3) is 0 Å². The van der Waals surface area contributed by atoms with Gasteiger partial charge in [-0.25, -0.2) is 0 Å². The van der Waals surface area contributed by atoms with E-state index in [1.54, 1.807) is 0 Å². The minimum Gasteiger partial charge on any atom is -0.381 e. The molecule has 1 rings (SSSR count). The van der Waals surface area contributed by atoms with Crippen molar-refractivity contribution in [3.63, 3.8) is 0 Å². The van der Waals surface area contributed by atoms with Gasteiger partial charge in [-0.3, -0.25) is 0 Å². The van der Waals surface area contributed by atoms with Crippen LogP contribution >= 0.6 is 0 Å². The summed E-state index contributed by atoms with van der Waals surface area (Å²) in [6.07, 6.45) is 2.52. The number of hydrogen-bond acceptors (Lipinski definition) is 2. The van der Waals surface area contributed by atoms with E-state index in [1.807, 2.05) is 0 Å². The molecule has 0 radical (unpaired) electrons. The highest BCUT2D eigenvalue weighted by Crippen LogP contribution is 2.20. The van der Waals surface area contributed by atoms with E-state index in [0.29, 0.717) is 5.92 Å². The number of rotatable bonds is 2. The maximum absolute atomic E-state index is 5.55. The molecule has 0 spiro atoms. The minimum atomic E-state index is 0.639. The van der Waals surface area contributed by atoms with Gasteiger partial charge in [0.1, 0.15) is 0 Å². The number of nitrogens with two attached hydrogens (primary N) is 1. The Hall–Kier alpha value is -0.0800. The van der Waals surface area contributed by atoms with E-state index in [4.69, 9.17) is 10.5 Å². The third-order valence-corrected chi connectivity index (χ3v) is 2.37. The van der Waals surface area contributed by atoms with Crippen LogP contribution in [0, 0.1) is 11.8 Å². The summed E-state index contributed by atoms with van der Waals surface area (Å²) < 4.78 is 5.35. The zero-order valence-corrected chi connectivity index (χ0v) is 6.68. The maximum Gasteiger partial charge on any atom is 0.0497 e. The molecule has 2 unspecified atom stereocenters. The van der Waals surface area contributed by atoms with E-state index in [0.717, 1.165) is 25.7 Å². The Morgan fingerprint density at radius 1 is 1.70 bits per heavy atom. The van der Waals surface area contributed by atoms with Crippen molar-refractivity contribution in [2.24, 2.45) is 17.6 Å². The summed E-state index contributed by atoms with van der Waals surface area (Å²) in [6, 6.07) is 0. The van der Waals surface area contributed by atoms with Crippen LogP contribution in [0.3, 0.4) is 0 Å². The summed E-state index contributed by atoms with van der Waals surface area (Å²) in [6.45, 7) is 4.89. The van der Waals surface area contributed by atoms with Crippen molar-refractivity contribution < 1.29 is 4.74 Å². The molecule has 10 heavy (non-hydrogen) atoms. The van der Waals surface area contributed by atoms with Gasteiger partial charge in [0.2, 0.25) is 0 Å². The molecule has 0 aromatic heterocycles. The van der Waals surface area contributed by atoms with Crippen LogP contribution in [0.15, 0.2) is 0 Å². The second-order valence-corrected chi connectivity index (χ2v) is 3.19. The quantitative estimate of drug-likeness (QED) is 0.626. The SMILES string of the molecule is CC(CN)C1CCCOC1. The van der Waals surface area contributed by atoms with Crippen LogP contribution in [0.4, 0.5) is 0 Å². The number of hydrogen-bond donors (Lipinski definition) is 1. The van der Waals surface area contributed by atoms with E-state index in [-0.39, 0.29) is 0 Å². The highest BCUT2D eigenvalue weighted by molar-refractivity contribution is 4.69. The van der Waals surface area contributed by atoms with Crippen molar-refractivity contribution in [1.29, 1.82) is 0 Å². The van der Waals surface area contributed by atoms with Crippen LogP contribution < -0.4 is 5.73 Å². The molecule has 0 bridgehead atoms. The molecule has 1 heterocycles. The molecule has 0 aromatic carbocycles. The maximum atomic E-state index is 5.55. The molecule has 0 saturated carbocycles. The topological polar surface area (TPSA) is 35.2 Å². The van der Waals surface area contributed by atoms with Crippen molar-refractivity contribution >= 4 is 0 Å². The monoisotopic (exact) mass is 143 g/mol. The first kappa shape index (κ1) is 8.02. The van der Waals surface area contributed by atoms with Crippen LogP contribution in [0.1, 0.15) is 19.8 Å². The Bertz CT molecular complexity index is 89.3. The van der Waals surface area contributed by atoms with Gasteiger partial charge >= 0.3 is 0 Å². The molecule has 1 aliphatic rings. The van der Waals surface area contributed by atoms with E-state index >= 15 is 0 Å². The normalized spacial score (nSPS) is 30.0. The molecular weight excluding hydrogens is 126 g/mol. The van der Waals surface area contributed by atoms with Gasteiger partial charge in [0.25, 0.3) is 0 Å². The first-order valence-electron chi connectivity index (χ1n) is 4.12. The van der Waals surface area contributed by atoms with E-state index < -0.39 is 0 Å². The van der Waals surface area contributed by atoms with Gasteiger partial charge in [0, 0.05) is 13.2 Å². The first-order valence-corrected chi connectivity index (χ1v) is 4.12. The zero-order chi connectivity index (χ0) is 7.40. The fraction of sp³-hybridized carbons (Fsp3) is 1.00. The largest absolute Gasteiger partial charge is 0.381 e. The van der Waals surface area contributed by atoms with Gasteiger partial charge < -0.3 is 10.5 Å². The molecule has 1 fully saturated rings. The molecule has 1 saturated heterocycles. The van der Waals surface area contributed by atoms with Gasteiger partial charge in [-0.2, -0.15) is 0 Å². The number of ether oxygens (including phenoxy) is 1. The highest BCUT2D eigenvalue weighted by atomic mass is 16.5. The fourth-order valence-corrected chi connectivity index (χ4v) is 1.41. The predicted octanol–water partition coefficient (Wildman–Crippen LogP) is 1.01. The Balaban J connectivity index is 2.24. The molecule has 0 aliphatic carbocycles. The van der Waals surface area contributed by atoms with E-state index in [2.05, 4.69) is 6.92 Å². The summed E-state index contributed by atoms with van der Waals surface area (Å²) >= 11 is 0. The van der Waals surface area contributed by atoms with Crippen LogP contribution in [-0.4, -0.2) is 19.8 Å². The summed E-state index contributed by atoms with van der Waals surface area (Å²) in [5.74, 6) is 1.36. The van der Waals surface area contributed by atoms with Crippen LogP contribution in [0.2, 0.25) is 0 Å². The summed E-state index contributed by atoms with van der Waals surface area (Å²) in [7, 11) is 0. The average molecular weight is 143 g/mol. The molecule has 2 atom stereocenters. The molecule has 60 valence electrons. The van der Waals surface area contributed by atoms with Gasteiger partial charge in [-0.1, -0.05) is 6.92 Å². The molecular formula is C8H17NO. The lowest BCUT2D eigenvalue weighted by Crippen LogP contribution is -2.28. The van der Waals surface area contributed by atoms with Gasteiger partial charge in [-0.05, 0) is 31.2 Å². The van der Waals surface area contributed by atoms with Crippen molar-refractivity contribution in [3.05, 3.63) is 0 Å². The van der Waals surface area contributed by atoms with E-state index in [1.165, 1.54) is 12.8 Å². The van der Waals surface area contributed by atoms with Crippen molar-refractivity contribution in [2.75, 3.05) is 19.8 Å². The van der Waals surface area contributed by atoms with Crippen molar-refractivity contribution in [1.82, 2.24) is 0 Å². The molecule has 2 nitrogen and oxygen atoms in total. The van der Waals surface area contributed by atoms with Gasteiger partial charge in [-0.15, -0.1) is 0 Å². The lowest BCUT2D eigenvalue weighted by atomic mass is 9.89. The molecule has 0 aromatic rings. The van der Waals surface area contributed by atoms with Crippen molar-refractivity contribution in [2.45, 2.75) is 19.8 Å². The Labute approximate surface area is 62.7 Å². The lowest BCUT2D eigenvalue weighted by molar-refractivity contribution is 0.0355. The fourth-order valence-electron chi connectivity index (χ4n) is 1.41. The van der Waals surface area contributed by atoms with Crippen LogP contribution in [-0.2, 0) is 4.74 Å². The molecule has 2 heteroatoms. The first-order chi connectivity index (χ1) is 4.84. The smallest absolute Gasteiger partial charge is 0.0497 e. The Kier molecular flexibility index (Phi) is 3.16. The Morgan fingerprint density at radius 2 is 2.50 bits per heavy atom. The zero-order valence-electron chi connectivity index (χ0n) is 6.68. The van der Waals surface area contributed by atoms with Gasteiger partial charge in [0.05, 0.1) is 0 Å².